The standard InChI is InChI=1S/C29H35ClF5N5O2/c30-20-4-8-23(24(16-20)40-13-11-39(12-14-40)10-9-29(33,34)35)38-28(42)22-7-3-19(26(31)27(22)32)17-37-25(41)15-18-1-5-21(36)6-2-18/h3-4,7-8,16,18,21H,1-2,5-6,9-15,17,36H2,(H,37,41)(H,38,42)/t18-,21-. The van der Waals surface area contributed by atoms with E-state index in [1.54, 1.807) is 11.0 Å². The van der Waals surface area contributed by atoms with E-state index in [1.807, 2.05) is 4.90 Å². The van der Waals surface area contributed by atoms with E-state index in [4.69, 9.17) is 17.3 Å². The van der Waals surface area contributed by atoms with Gasteiger partial charge in [-0.15, -0.1) is 0 Å². The minimum absolute atomic E-state index is 0.0846. The van der Waals surface area contributed by atoms with Crippen molar-refractivity contribution in [1.29, 1.82) is 0 Å². The minimum atomic E-state index is -4.23. The maximum atomic E-state index is 15.0. The van der Waals surface area contributed by atoms with Crippen molar-refractivity contribution >= 4 is 34.8 Å². The highest BCUT2D eigenvalue weighted by atomic mass is 35.5. The molecule has 0 radical (unpaired) electrons. The molecule has 0 atom stereocenters. The molecule has 1 heterocycles. The van der Waals surface area contributed by atoms with Crippen LogP contribution in [0.4, 0.5) is 33.3 Å². The SMILES string of the molecule is N[C@H]1CC[C@H](CC(=O)NCc2ccc(C(=O)Nc3ccc(Cl)cc3N3CCN(CCC(F)(F)F)CC3)c(F)c2F)CC1. The molecule has 7 nitrogen and oxygen atoms in total. The van der Waals surface area contributed by atoms with Crippen LogP contribution in [0.5, 0.6) is 0 Å². The largest absolute Gasteiger partial charge is 0.390 e. The Bertz CT molecular complexity index is 1260. The smallest absolute Gasteiger partial charge is 0.367 e. The molecule has 1 saturated carbocycles. The van der Waals surface area contributed by atoms with Crippen LogP contribution in [0.2, 0.25) is 5.02 Å². The van der Waals surface area contributed by atoms with Crippen molar-refractivity contribution in [2.75, 3.05) is 42.9 Å². The van der Waals surface area contributed by atoms with E-state index >= 15 is 0 Å². The normalized spacial score (nSPS) is 19.9. The summed E-state index contributed by atoms with van der Waals surface area (Å²) in [5.41, 5.74) is 6.12. The molecule has 230 valence electrons. The molecule has 0 aromatic heterocycles. The number of carbonyl (C=O) groups excluding carboxylic acids is 2. The quantitative estimate of drug-likeness (QED) is 0.326. The lowest BCUT2D eigenvalue weighted by molar-refractivity contribution is -0.138. The zero-order chi connectivity index (χ0) is 30.4. The Morgan fingerprint density at radius 1 is 0.976 bits per heavy atom. The fraction of sp³-hybridized carbons (Fsp3) is 0.517. The fourth-order valence-electron chi connectivity index (χ4n) is 5.38. The van der Waals surface area contributed by atoms with Gasteiger partial charge in [-0.05, 0) is 55.9 Å². The fourth-order valence-corrected chi connectivity index (χ4v) is 5.55. The second-order valence-corrected chi connectivity index (χ2v) is 11.4. The van der Waals surface area contributed by atoms with Gasteiger partial charge in [0.25, 0.3) is 5.91 Å². The van der Waals surface area contributed by atoms with E-state index in [0.717, 1.165) is 31.7 Å². The Kier molecular flexibility index (Phi) is 10.7. The van der Waals surface area contributed by atoms with Crippen LogP contribution in [-0.2, 0) is 11.3 Å². The van der Waals surface area contributed by atoms with Crippen LogP contribution in [0, 0.1) is 17.6 Å². The van der Waals surface area contributed by atoms with Crippen LogP contribution >= 0.6 is 11.6 Å². The lowest BCUT2D eigenvalue weighted by Gasteiger charge is -2.37. The number of rotatable bonds is 9. The Balaban J connectivity index is 1.36. The average Bonchev–Trinajstić information content (AvgIpc) is 2.95. The van der Waals surface area contributed by atoms with Gasteiger partial charge in [-0.1, -0.05) is 17.7 Å². The van der Waals surface area contributed by atoms with E-state index in [9.17, 15) is 31.5 Å². The van der Waals surface area contributed by atoms with Gasteiger partial charge in [-0.25, -0.2) is 8.78 Å². The van der Waals surface area contributed by atoms with E-state index in [2.05, 4.69) is 10.6 Å². The second kappa shape index (κ2) is 14.0. The number of anilines is 2. The molecule has 4 N–H and O–H groups in total. The van der Waals surface area contributed by atoms with Crippen molar-refractivity contribution in [2.45, 2.75) is 57.3 Å². The Hall–Kier alpha value is -2.96. The number of carbonyl (C=O) groups is 2. The van der Waals surface area contributed by atoms with Crippen molar-refractivity contribution in [3.8, 4) is 0 Å². The number of hydrogen-bond donors (Lipinski definition) is 3. The molecule has 0 bridgehead atoms. The highest BCUT2D eigenvalue weighted by Crippen LogP contribution is 2.32. The van der Waals surface area contributed by atoms with E-state index in [-0.39, 0.29) is 36.5 Å². The first-order valence-electron chi connectivity index (χ1n) is 14.0. The van der Waals surface area contributed by atoms with Gasteiger partial charge >= 0.3 is 6.18 Å². The Morgan fingerprint density at radius 2 is 1.67 bits per heavy atom. The second-order valence-electron chi connectivity index (χ2n) is 11.0. The van der Waals surface area contributed by atoms with Crippen LogP contribution in [-0.4, -0.2) is 61.7 Å². The van der Waals surface area contributed by atoms with Crippen LogP contribution in [0.25, 0.3) is 0 Å². The van der Waals surface area contributed by atoms with Crippen LogP contribution in [0.3, 0.4) is 0 Å². The van der Waals surface area contributed by atoms with Gasteiger partial charge < -0.3 is 21.3 Å². The van der Waals surface area contributed by atoms with Crippen LogP contribution < -0.4 is 21.3 Å². The van der Waals surface area contributed by atoms with Gasteiger partial charge in [0.1, 0.15) is 0 Å². The summed E-state index contributed by atoms with van der Waals surface area (Å²) >= 11 is 6.17. The summed E-state index contributed by atoms with van der Waals surface area (Å²) < 4.78 is 67.6. The highest BCUT2D eigenvalue weighted by molar-refractivity contribution is 6.31. The number of nitrogens with zero attached hydrogens (tertiary/aromatic N) is 2. The van der Waals surface area contributed by atoms with Crippen molar-refractivity contribution in [3.63, 3.8) is 0 Å². The van der Waals surface area contributed by atoms with Crippen LogP contribution in [0.15, 0.2) is 30.3 Å². The summed E-state index contributed by atoms with van der Waals surface area (Å²) in [5.74, 6) is -3.49. The Morgan fingerprint density at radius 3 is 2.33 bits per heavy atom. The molecule has 1 aliphatic heterocycles. The summed E-state index contributed by atoms with van der Waals surface area (Å²) in [7, 11) is 0. The molecular weight excluding hydrogens is 581 g/mol. The summed E-state index contributed by atoms with van der Waals surface area (Å²) in [6.07, 6.45) is -1.39. The number of halogens is 6. The van der Waals surface area contributed by atoms with Gasteiger partial charge in [0.2, 0.25) is 5.91 Å². The zero-order valence-electron chi connectivity index (χ0n) is 23.1. The van der Waals surface area contributed by atoms with Crippen molar-refractivity contribution in [2.24, 2.45) is 11.7 Å². The van der Waals surface area contributed by atoms with Crippen molar-refractivity contribution < 1.29 is 31.5 Å². The predicted octanol–water partition coefficient (Wildman–Crippen LogP) is 5.47. The third-order valence-electron chi connectivity index (χ3n) is 7.88. The first-order valence-corrected chi connectivity index (χ1v) is 14.4. The van der Waals surface area contributed by atoms with E-state index < -0.39 is 35.7 Å². The molecule has 1 aliphatic carbocycles. The van der Waals surface area contributed by atoms with Crippen molar-refractivity contribution in [3.05, 3.63) is 58.1 Å². The summed E-state index contributed by atoms with van der Waals surface area (Å²) in [6, 6.07) is 7.25. The van der Waals surface area contributed by atoms with Gasteiger partial charge in [0.05, 0.1) is 23.4 Å². The molecule has 2 fully saturated rings. The maximum Gasteiger partial charge on any atom is 0.390 e. The summed E-state index contributed by atoms with van der Waals surface area (Å²) in [4.78, 5) is 28.9. The molecule has 0 spiro atoms. The number of alkyl halides is 3. The van der Waals surface area contributed by atoms with Gasteiger partial charge in [0.15, 0.2) is 11.6 Å². The molecule has 13 heteroatoms. The lowest BCUT2D eigenvalue weighted by Crippen LogP contribution is -2.47. The third-order valence-corrected chi connectivity index (χ3v) is 8.12. The molecule has 2 aromatic carbocycles. The topological polar surface area (TPSA) is 90.7 Å². The molecule has 4 rings (SSSR count). The minimum Gasteiger partial charge on any atom is -0.367 e. The van der Waals surface area contributed by atoms with Crippen LogP contribution in [0.1, 0.15) is 54.4 Å². The lowest BCUT2D eigenvalue weighted by atomic mass is 9.84. The average molecular weight is 616 g/mol. The first-order chi connectivity index (χ1) is 19.9. The van der Waals surface area contributed by atoms with Gasteiger partial charge in [-0.3, -0.25) is 14.5 Å². The highest BCUT2D eigenvalue weighted by Gasteiger charge is 2.29. The first kappa shape index (κ1) is 32.0. The molecule has 42 heavy (non-hydrogen) atoms. The number of nitrogens with two attached hydrogens (primary N) is 1. The molecule has 2 aliphatic rings. The van der Waals surface area contributed by atoms with E-state index in [1.165, 1.54) is 18.2 Å². The number of nitrogens with one attached hydrogen (secondary N) is 2. The number of amides is 2. The molecular formula is C29H35ClF5N5O2. The van der Waals surface area contributed by atoms with Crippen molar-refractivity contribution in [1.82, 2.24) is 10.2 Å². The predicted molar refractivity (Wildman–Crippen MR) is 151 cm³/mol. The molecule has 2 aromatic rings. The van der Waals surface area contributed by atoms with E-state index in [0.29, 0.717) is 49.0 Å². The number of piperazine rings is 1. The maximum absolute atomic E-state index is 15.0. The molecule has 2 amide bonds. The summed E-state index contributed by atoms with van der Waals surface area (Å²) in [6.45, 7) is 1.21. The monoisotopic (exact) mass is 615 g/mol. The number of benzene rings is 2. The van der Waals surface area contributed by atoms with Gasteiger partial charge in [-0.2, -0.15) is 13.2 Å². The van der Waals surface area contributed by atoms with Gasteiger partial charge in [0, 0.05) is 62.3 Å². The molecule has 0 unspecified atom stereocenters. The zero-order valence-corrected chi connectivity index (χ0v) is 23.8. The molecule has 1 saturated heterocycles. The Labute approximate surface area is 246 Å². The third kappa shape index (κ3) is 8.78. The summed E-state index contributed by atoms with van der Waals surface area (Å²) in [5, 5.41) is 5.61. The number of hydrogen-bond acceptors (Lipinski definition) is 5.